The molecule has 0 aliphatic carbocycles. The summed E-state index contributed by atoms with van der Waals surface area (Å²) in [7, 11) is 0. The van der Waals surface area contributed by atoms with Crippen LogP contribution in [0, 0.1) is 0 Å². The van der Waals surface area contributed by atoms with Gasteiger partial charge in [0.1, 0.15) is 5.75 Å². The van der Waals surface area contributed by atoms with Gasteiger partial charge in [0.2, 0.25) is 0 Å². The standard InChI is InChI=1S/C11H17NO/c1-2-3-10(8-12)9-4-6-11(13)7-5-9/h4-7,10,13H,2-3,8,12H2,1H3. The van der Waals surface area contributed by atoms with Crippen LogP contribution in [0.15, 0.2) is 24.3 Å². The highest BCUT2D eigenvalue weighted by atomic mass is 16.3. The average molecular weight is 179 g/mol. The van der Waals surface area contributed by atoms with Gasteiger partial charge in [0.25, 0.3) is 0 Å². The van der Waals surface area contributed by atoms with E-state index in [0.717, 1.165) is 12.8 Å². The predicted molar refractivity (Wildman–Crippen MR) is 54.8 cm³/mol. The summed E-state index contributed by atoms with van der Waals surface area (Å²) in [6, 6.07) is 7.33. The van der Waals surface area contributed by atoms with Crippen molar-refractivity contribution < 1.29 is 5.11 Å². The maximum Gasteiger partial charge on any atom is 0.115 e. The van der Waals surface area contributed by atoms with Crippen LogP contribution in [0.4, 0.5) is 0 Å². The molecule has 0 bridgehead atoms. The Morgan fingerprint density at radius 3 is 2.38 bits per heavy atom. The lowest BCUT2D eigenvalue weighted by Crippen LogP contribution is -2.11. The minimum atomic E-state index is 0.316. The maximum absolute atomic E-state index is 9.11. The topological polar surface area (TPSA) is 46.2 Å². The number of aromatic hydroxyl groups is 1. The van der Waals surface area contributed by atoms with Gasteiger partial charge in [0.15, 0.2) is 0 Å². The second-order valence-electron chi connectivity index (χ2n) is 3.31. The Morgan fingerprint density at radius 1 is 1.31 bits per heavy atom. The van der Waals surface area contributed by atoms with E-state index in [0.29, 0.717) is 18.2 Å². The maximum atomic E-state index is 9.11. The molecule has 3 N–H and O–H groups in total. The van der Waals surface area contributed by atoms with Crippen LogP contribution in [0.3, 0.4) is 0 Å². The summed E-state index contributed by atoms with van der Waals surface area (Å²) >= 11 is 0. The number of phenolic OH excluding ortho intramolecular Hbond substituents is 1. The van der Waals surface area contributed by atoms with Crippen molar-refractivity contribution in [1.82, 2.24) is 0 Å². The lowest BCUT2D eigenvalue weighted by molar-refractivity contribution is 0.474. The van der Waals surface area contributed by atoms with Crippen molar-refractivity contribution in [1.29, 1.82) is 0 Å². The summed E-state index contributed by atoms with van der Waals surface area (Å²) < 4.78 is 0. The highest BCUT2D eigenvalue weighted by Gasteiger charge is 2.07. The van der Waals surface area contributed by atoms with E-state index in [2.05, 4.69) is 6.92 Å². The van der Waals surface area contributed by atoms with Crippen molar-refractivity contribution >= 4 is 0 Å². The number of benzene rings is 1. The summed E-state index contributed by atoms with van der Waals surface area (Å²) in [6.45, 7) is 2.84. The van der Waals surface area contributed by atoms with Crippen molar-refractivity contribution in [3.63, 3.8) is 0 Å². The summed E-state index contributed by atoms with van der Waals surface area (Å²) in [6.07, 6.45) is 2.25. The van der Waals surface area contributed by atoms with Crippen molar-refractivity contribution in [3.05, 3.63) is 29.8 Å². The zero-order chi connectivity index (χ0) is 9.68. The van der Waals surface area contributed by atoms with Gasteiger partial charge in [-0.3, -0.25) is 0 Å². The van der Waals surface area contributed by atoms with Crippen molar-refractivity contribution in [2.75, 3.05) is 6.54 Å². The van der Waals surface area contributed by atoms with Gasteiger partial charge in [-0.1, -0.05) is 25.5 Å². The fourth-order valence-electron chi connectivity index (χ4n) is 1.52. The Hall–Kier alpha value is -1.02. The normalized spacial score (nSPS) is 12.8. The predicted octanol–water partition coefficient (Wildman–Crippen LogP) is 2.23. The van der Waals surface area contributed by atoms with E-state index in [4.69, 9.17) is 10.8 Å². The lowest BCUT2D eigenvalue weighted by Gasteiger charge is -2.13. The van der Waals surface area contributed by atoms with Crippen LogP contribution in [0.25, 0.3) is 0 Å². The first-order valence-electron chi connectivity index (χ1n) is 4.77. The molecule has 13 heavy (non-hydrogen) atoms. The Kier molecular flexibility index (Phi) is 3.77. The highest BCUT2D eigenvalue weighted by Crippen LogP contribution is 2.21. The van der Waals surface area contributed by atoms with Gasteiger partial charge < -0.3 is 10.8 Å². The monoisotopic (exact) mass is 179 g/mol. The SMILES string of the molecule is CCCC(CN)c1ccc(O)cc1. The molecule has 0 spiro atoms. The van der Waals surface area contributed by atoms with E-state index in [9.17, 15) is 0 Å². The Balaban J connectivity index is 2.73. The molecule has 0 aliphatic heterocycles. The van der Waals surface area contributed by atoms with E-state index in [-0.39, 0.29) is 0 Å². The molecule has 0 saturated carbocycles. The van der Waals surface area contributed by atoms with E-state index < -0.39 is 0 Å². The Bertz CT molecular complexity index is 243. The zero-order valence-electron chi connectivity index (χ0n) is 8.03. The van der Waals surface area contributed by atoms with Gasteiger partial charge in [-0.05, 0) is 36.6 Å². The van der Waals surface area contributed by atoms with E-state index in [1.165, 1.54) is 5.56 Å². The fourth-order valence-corrected chi connectivity index (χ4v) is 1.52. The molecule has 0 amide bonds. The second kappa shape index (κ2) is 4.87. The molecule has 2 heteroatoms. The average Bonchev–Trinajstić information content (AvgIpc) is 2.16. The van der Waals surface area contributed by atoms with Gasteiger partial charge >= 0.3 is 0 Å². The molecule has 0 heterocycles. The number of hydrogen-bond donors (Lipinski definition) is 2. The quantitative estimate of drug-likeness (QED) is 0.744. The molecule has 0 radical (unpaired) electrons. The molecule has 1 aromatic rings. The minimum absolute atomic E-state index is 0.316. The van der Waals surface area contributed by atoms with Crippen LogP contribution in [-0.2, 0) is 0 Å². The van der Waals surface area contributed by atoms with Crippen LogP contribution >= 0.6 is 0 Å². The summed E-state index contributed by atoms with van der Waals surface area (Å²) in [5, 5.41) is 9.11. The largest absolute Gasteiger partial charge is 0.508 e. The van der Waals surface area contributed by atoms with Gasteiger partial charge in [-0.15, -0.1) is 0 Å². The smallest absolute Gasteiger partial charge is 0.115 e. The van der Waals surface area contributed by atoms with Crippen molar-refractivity contribution in [2.45, 2.75) is 25.7 Å². The third-order valence-corrected chi connectivity index (χ3v) is 2.29. The molecule has 0 fully saturated rings. The van der Waals surface area contributed by atoms with Gasteiger partial charge in [-0.25, -0.2) is 0 Å². The van der Waals surface area contributed by atoms with Gasteiger partial charge in [0.05, 0.1) is 0 Å². The molecule has 2 nitrogen and oxygen atoms in total. The Morgan fingerprint density at radius 2 is 1.92 bits per heavy atom. The summed E-state index contributed by atoms with van der Waals surface area (Å²) in [5.41, 5.74) is 6.89. The molecule has 1 aromatic carbocycles. The van der Waals surface area contributed by atoms with E-state index >= 15 is 0 Å². The van der Waals surface area contributed by atoms with E-state index in [1.807, 2.05) is 12.1 Å². The molecule has 1 atom stereocenters. The third kappa shape index (κ3) is 2.74. The molecule has 0 aliphatic rings. The van der Waals surface area contributed by atoms with Crippen LogP contribution in [0.5, 0.6) is 5.75 Å². The number of rotatable bonds is 4. The second-order valence-corrected chi connectivity index (χ2v) is 3.31. The molecular formula is C11H17NO. The summed E-state index contributed by atoms with van der Waals surface area (Å²) in [5.74, 6) is 0.751. The van der Waals surface area contributed by atoms with Gasteiger partial charge in [0, 0.05) is 0 Å². The van der Waals surface area contributed by atoms with Crippen LogP contribution in [0.2, 0.25) is 0 Å². The van der Waals surface area contributed by atoms with Crippen LogP contribution < -0.4 is 5.73 Å². The van der Waals surface area contributed by atoms with Gasteiger partial charge in [-0.2, -0.15) is 0 Å². The zero-order valence-corrected chi connectivity index (χ0v) is 8.03. The first-order chi connectivity index (χ1) is 6.27. The van der Waals surface area contributed by atoms with Crippen molar-refractivity contribution in [3.8, 4) is 5.75 Å². The highest BCUT2D eigenvalue weighted by molar-refractivity contribution is 5.28. The Labute approximate surface area is 79.4 Å². The molecule has 1 rings (SSSR count). The van der Waals surface area contributed by atoms with Crippen LogP contribution in [-0.4, -0.2) is 11.7 Å². The molecule has 72 valence electrons. The third-order valence-electron chi connectivity index (χ3n) is 2.29. The minimum Gasteiger partial charge on any atom is -0.508 e. The number of nitrogens with two attached hydrogens (primary N) is 1. The number of hydrogen-bond acceptors (Lipinski definition) is 2. The van der Waals surface area contributed by atoms with Crippen LogP contribution in [0.1, 0.15) is 31.2 Å². The lowest BCUT2D eigenvalue weighted by atomic mass is 9.95. The van der Waals surface area contributed by atoms with Crippen molar-refractivity contribution in [2.24, 2.45) is 5.73 Å². The molecule has 0 saturated heterocycles. The molecular weight excluding hydrogens is 162 g/mol. The fraction of sp³-hybridized carbons (Fsp3) is 0.455. The summed E-state index contributed by atoms with van der Waals surface area (Å²) in [4.78, 5) is 0. The number of phenols is 1. The molecule has 1 unspecified atom stereocenters. The first kappa shape index (κ1) is 10.1. The first-order valence-corrected chi connectivity index (χ1v) is 4.77. The molecule has 0 aromatic heterocycles. The van der Waals surface area contributed by atoms with E-state index in [1.54, 1.807) is 12.1 Å².